The predicted molar refractivity (Wildman–Crippen MR) is 66.2 cm³/mol. The lowest BCUT2D eigenvalue weighted by Crippen LogP contribution is -2.12. The number of thiazole rings is 1. The Bertz CT molecular complexity index is 590. The minimum Gasteiger partial charge on any atom is -0.320 e. The lowest BCUT2D eigenvalue weighted by Gasteiger charge is -2.07. The summed E-state index contributed by atoms with van der Waals surface area (Å²) in [6, 6.07) is 4.26. The lowest BCUT2D eigenvalue weighted by atomic mass is 10.2. The zero-order chi connectivity index (χ0) is 14.0. The summed E-state index contributed by atoms with van der Waals surface area (Å²) < 4.78 is 37.1. The second-order valence-electron chi connectivity index (χ2n) is 3.82. The number of halogens is 3. The zero-order valence-electron chi connectivity index (χ0n) is 9.78. The number of benzene rings is 1. The summed E-state index contributed by atoms with van der Waals surface area (Å²) in [5.74, 6) is -0.433. The van der Waals surface area contributed by atoms with E-state index in [1.807, 2.05) is 0 Å². The molecule has 0 saturated heterocycles. The van der Waals surface area contributed by atoms with Crippen LogP contribution >= 0.6 is 11.3 Å². The van der Waals surface area contributed by atoms with Gasteiger partial charge < -0.3 is 5.32 Å². The third-order valence-electron chi connectivity index (χ3n) is 2.28. The summed E-state index contributed by atoms with van der Waals surface area (Å²) >= 11 is 1.18. The Hall–Kier alpha value is -1.89. The van der Waals surface area contributed by atoms with Crippen molar-refractivity contribution in [1.82, 2.24) is 4.98 Å². The maximum absolute atomic E-state index is 12.4. The SMILES string of the molecule is Cc1csc(C(=O)Nc2ccc(C(F)(F)F)cc2)n1. The molecule has 1 N–H and O–H groups in total. The Kier molecular flexibility index (Phi) is 3.57. The average Bonchev–Trinajstić information content (AvgIpc) is 2.75. The molecular formula is C12H9F3N2OS. The van der Waals surface area contributed by atoms with E-state index in [0.717, 1.165) is 17.8 Å². The van der Waals surface area contributed by atoms with E-state index in [0.29, 0.717) is 5.69 Å². The molecule has 19 heavy (non-hydrogen) atoms. The van der Waals surface area contributed by atoms with Gasteiger partial charge in [-0.25, -0.2) is 4.98 Å². The van der Waals surface area contributed by atoms with Crippen molar-refractivity contribution >= 4 is 22.9 Å². The van der Waals surface area contributed by atoms with Gasteiger partial charge in [-0.2, -0.15) is 13.2 Å². The number of carbonyl (C=O) groups excluding carboxylic acids is 1. The van der Waals surface area contributed by atoms with Gasteiger partial charge in [-0.1, -0.05) is 0 Å². The first-order valence-corrected chi connectivity index (χ1v) is 6.15. The Morgan fingerprint density at radius 1 is 1.26 bits per heavy atom. The highest BCUT2D eigenvalue weighted by Crippen LogP contribution is 2.29. The molecule has 0 saturated carbocycles. The number of aromatic nitrogens is 1. The highest BCUT2D eigenvalue weighted by molar-refractivity contribution is 7.11. The van der Waals surface area contributed by atoms with Crippen LogP contribution in [-0.4, -0.2) is 10.9 Å². The third-order valence-corrected chi connectivity index (χ3v) is 3.24. The van der Waals surface area contributed by atoms with E-state index in [1.165, 1.54) is 23.5 Å². The van der Waals surface area contributed by atoms with Gasteiger partial charge in [0.2, 0.25) is 0 Å². The van der Waals surface area contributed by atoms with Crippen molar-refractivity contribution in [3.8, 4) is 0 Å². The maximum Gasteiger partial charge on any atom is 0.416 e. The first-order valence-electron chi connectivity index (χ1n) is 5.27. The Balaban J connectivity index is 2.10. The molecule has 3 nitrogen and oxygen atoms in total. The van der Waals surface area contributed by atoms with Crippen molar-refractivity contribution in [3.05, 3.63) is 45.9 Å². The number of nitrogens with one attached hydrogen (secondary N) is 1. The Morgan fingerprint density at radius 3 is 2.37 bits per heavy atom. The van der Waals surface area contributed by atoms with E-state index in [2.05, 4.69) is 10.3 Å². The summed E-state index contributed by atoms with van der Waals surface area (Å²) in [4.78, 5) is 15.7. The molecule has 2 aromatic rings. The molecule has 0 aliphatic heterocycles. The van der Waals surface area contributed by atoms with Crippen molar-refractivity contribution in [3.63, 3.8) is 0 Å². The fourth-order valence-corrected chi connectivity index (χ4v) is 2.08. The van der Waals surface area contributed by atoms with Crippen molar-refractivity contribution in [2.75, 3.05) is 5.32 Å². The molecule has 7 heteroatoms. The van der Waals surface area contributed by atoms with Crippen LogP contribution in [0.3, 0.4) is 0 Å². The average molecular weight is 286 g/mol. The molecule has 0 spiro atoms. The van der Waals surface area contributed by atoms with Gasteiger partial charge in [-0.15, -0.1) is 11.3 Å². The number of nitrogens with zero attached hydrogens (tertiary/aromatic N) is 1. The summed E-state index contributed by atoms with van der Waals surface area (Å²) in [6.07, 6.45) is -4.38. The molecular weight excluding hydrogens is 277 g/mol. The van der Waals surface area contributed by atoms with Crippen LogP contribution in [0.4, 0.5) is 18.9 Å². The van der Waals surface area contributed by atoms with Crippen molar-refractivity contribution in [1.29, 1.82) is 0 Å². The molecule has 1 aromatic heterocycles. The molecule has 0 aliphatic rings. The molecule has 0 bridgehead atoms. The first kappa shape index (κ1) is 13.5. The van der Waals surface area contributed by atoms with Crippen LogP contribution in [0.1, 0.15) is 21.1 Å². The van der Waals surface area contributed by atoms with Crippen LogP contribution in [0.15, 0.2) is 29.6 Å². The van der Waals surface area contributed by atoms with E-state index < -0.39 is 17.6 Å². The van der Waals surface area contributed by atoms with E-state index >= 15 is 0 Å². The van der Waals surface area contributed by atoms with Crippen molar-refractivity contribution in [2.45, 2.75) is 13.1 Å². The molecule has 1 heterocycles. The first-order chi connectivity index (χ1) is 8.86. The summed E-state index contributed by atoms with van der Waals surface area (Å²) in [5.41, 5.74) is 0.268. The fourth-order valence-electron chi connectivity index (χ4n) is 1.39. The molecule has 0 atom stereocenters. The van der Waals surface area contributed by atoms with Gasteiger partial charge in [0.25, 0.3) is 5.91 Å². The molecule has 0 fully saturated rings. The quantitative estimate of drug-likeness (QED) is 0.914. The molecule has 1 aromatic carbocycles. The van der Waals surface area contributed by atoms with Gasteiger partial charge >= 0.3 is 6.18 Å². The molecule has 0 radical (unpaired) electrons. The van der Waals surface area contributed by atoms with Gasteiger partial charge in [0.1, 0.15) is 0 Å². The molecule has 2 rings (SSSR count). The summed E-state index contributed by atoms with van der Waals surface area (Å²) in [5, 5.41) is 4.49. The molecule has 1 amide bonds. The van der Waals surface area contributed by atoms with Gasteiger partial charge in [-0.05, 0) is 31.2 Å². The maximum atomic E-state index is 12.4. The number of rotatable bonds is 2. The van der Waals surface area contributed by atoms with Crippen LogP contribution in [0, 0.1) is 6.92 Å². The van der Waals surface area contributed by atoms with Gasteiger partial charge in [0.05, 0.1) is 5.56 Å². The number of alkyl halides is 3. The van der Waals surface area contributed by atoms with Crippen molar-refractivity contribution < 1.29 is 18.0 Å². The van der Waals surface area contributed by atoms with E-state index in [-0.39, 0.29) is 5.01 Å². The van der Waals surface area contributed by atoms with Crippen LogP contribution in [0.5, 0.6) is 0 Å². The van der Waals surface area contributed by atoms with Gasteiger partial charge in [0.15, 0.2) is 5.01 Å². The van der Waals surface area contributed by atoms with Gasteiger partial charge in [0, 0.05) is 16.8 Å². The van der Waals surface area contributed by atoms with E-state index in [1.54, 1.807) is 12.3 Å². The standard InChI is InChI=1S/C12H9F3N2OS/c1-7-6-19-11(16-7)10(18)17-9-4-2-8(3-5-9)12(13,14)15/h2-6H,1H3,(H,17,18). The summed E-state index contributed by atoms with van der Waals surface area (Å²) in [7, 11) is 0. The fraction of sp³-hybridized carbons (Fsp3) is 0.167. The minimum absolute atomic E-state index is 0.275. The minimum atomic E-state index is -4.38. The highest BCUT2D eigenvalue weighted by atomic mass is 32.1. The number of anilines is 1. The van der Waals surface area contributed by atoms with Gasteiger partial charge in [-0.3, -0.25) is 4.79 Å². The Labute approximate surface area is 111 Å². The highest BCUT2D eigenvalue weighted by Gasteiger charge is 2.30. The number of hydrogen-bond acceptors (Lipinski definition) is 3. The second-order valence-corrected chi connectivity index (χ2v) is 4.68. The van der Waals surface area contributed by atoms with E-state index in [9.17, 15) is 18.0 Å². The topological polar surface area (TPSA) is 42.0 Å². The van der Waals surface area contributed by atoms with Crippen LogP contribution < -0.4 is 5.32 Å². The third kappa shape index (κ3) is 3.31. The van der Waals surface area contributed by atoms with Crippen LogP contribution in [-0.2, 0) is 6.18 Å². The smallest absolute Gasteiger partial charge is 0.320 e. The summed E-state index contributed by atoms with van der Waals surface area (Å²) in [6.45, 7) is 1.76. The lowest BCUT2D eigenvalue weighted by molar-refractivity contribution is -0.137. The molecule has 100 valence electrons. The second kappa shape index (κ2) is 5.00. The number of carbonyl (C=O) groups is 1. The van der Waals surface area contributed by atoms with E-state index in [4.69, 9.17) is 0 Å². The number of aryl methyl sites for hydroxylation is 1. The number of hydrogen-bond donors (Lipinski definition) is 1. The zero-order valence-corrected chi connectivity index (χ0v) is 10.6. The van der Waals surface area contributed by atoms with Crippen molar-refractivity contribution in [2.24, 2.45) is 0 Å². The number of amides is 1. The normalized spacial score (nSPS) is 11.4. The van der Waals surface area contributed by atoms with Crippen LogP contribution in [0.2, 0.25) is 0 Å². The predicted octanol–water partition coefficient (Wildman–Crippen LogP) is 3.72. The molecule has 0 aliphatic carbocycles. The Morgan fingerprint density at radius 2 is 1.89 bits per heavy atom. The largest absolute Gasteiger partial charge is 0.416 e. The molecule has 0 unspecified atom stereocenters. The monoisotopic (exact) mass is 286 g/mol. The van der Waals surface area contributed by atoms with Crippen LogP contribution in [0.25, 0.3) is 0 Å².